The first-order valence-corrected chi connectivity index (χ1v) is 10.4. The molecule has 31 heavy (non-hydrogen) atoms. The van der Waals surface area contributed by atoms with Gasteiger partial charge in [-0.05, 0) is 49.4 Å². The lowest BCUT2D eigenvalue weighted by molar-refractivity contribution is -0.132. The molecule has 9 nitrogen and oxygen atoms in total. The van der Waals surface area contributed by atoms with Crippen LogP contribution < -0.4 is 26.4 Å². The van der Waals surface area contributed by atoms with Crippen LogP contribution in [0.3, 0.4) is 0 Å². The minimum Gasteiger partial charge on any atom is -0.484 e. The van der Waals surface area contributed by atoms with Gasteiger partial charge >= 0.3 is 0 Å². The maximum atomic E-state index is 12.9. The van der Waals surface area contributed by atoms with Crippen molar-refractivity contribution in [3.05, 3.63) is 30.1 Å². The first-order chi connectivity index (χ1) is 14.8. The highest BCUT2D eigenvalue weighted by atomic mass is 19.1. The van der Waals surface area contributed by atoms with E-state index < -0.39 is 41.5 Å². The van der Waals surface area contributed by atoms with Gasteiger partial charge in [0.25, 0.3) is 5.91 Å². The number of ether oxygens (including phenoxy) is 1. The molecular weight excluding hydrogens is 407 g/mol. The molecule has 0 unspecified atom stereocenters. The molecule has 0 bridgehead atoms. The quantitative estimate of drug-likeness (QED) is 0.388. The van der Waals surface area contributed by atoms with Crippen LogP contribution in [0.5, 0.6) is 5.75 Å². The van der Waals surface area contributed by atoms with E-state index in [1.807, 2.05) is 0 Å². The molecule has 0 radical (unpaired) electrons. The Morgan fingerprint density at radius 3 is 2.39 bits per heavy atom. The highest BCUT2D eigenvalue weighted by Crippen LogP contribution is 2.33. The predicted molar refractivity (Wildman–Crippen MR) is 108 cm³/mol. The van der Waals surface area contributed by atoms with Crippen molar-refractivity contribution in [2.45, 2.75) is 44.2 Å². The monoisotopic (exact) mass is 434 g/mol. The first kappa shape index (κ1) is 22.5. The number of halogens is 1. The van der Waals surface area contributed by atoms with Crippen LogP contribution in [0.4, 0.5) is 4.39 Å². The molecule has 2 fully saturated rings. The van der Waals surface area contributed by atoms with Crippen LogP contribution in [0.25, 0.3) is 0 Å². The van der Waals surface area contributed by atoms with Gasteiger partial charge in [0.2, 0.25) is 17.7 Å². The lowest BCUT2D eigenvalue weighted by Gasteiger charge is -2.23. The molecule has 3 rings (SSSR count). The van der Waals surface area contributed by atoms with Gasteiger partial charge in [-0.15, -0.1) is 0 Å². The maximum Gasteiger partial charge on any atom is 0.258 e. The second kappa shape index (κ2) is 10.2. The molecule has 1 aliphatic carbocycles. The Balaban J connectivity index is 1.55. The van der Waals surface area contributed by atoms with E-state index in [-0.39, 0.29) is 18.9 Å². The van der Waals surface area contributed by atoms with E-state index in [0.717, 1.165) is 12.8 Å². The van der Waals surface area contributed by atoms with E-state index in [4.69, 9.17) is 10.5 Å². The molecule has 1 aromatic carbocycles. The molecule has 1 heterocycles. The Hall–Kier alpha value is -3.17. The van der Waals surface area contributed by atoms with Gasteiger partial charge in [-0.1, -0.05) is 12.8 Å². The number of carbonyl (C=O) groups excluding carboxylic acids is 4. The molecule has 1 aromatic rings. The van der Waals surface area contributed by atoms with E-state index in [0.29, 0.717) is 31.1 Å². The fourth-order valence-corrected chi connectivity index (χ4v) is 3.51. The van der Waals surface area contributed by atoms with E-state index >= 15 is 0 Å². The number of nitrogens with two attached hydrogens (primary N) is 1. The van der Waals surface area contributed by atoms with Crippen LogP contribution in [-0.4, -0.2) is 48.9 Å². The molecule has 0 aromatic heterocycles. The van der Waals surface area contributed by atoms with Crippen molar-refractivity contribution in [1.29, 1.82) is 0 Å². The fraction of sp³-hybridized carbons (Fsp3) is 0.524. The summed E-state index contributed by atoms with van der Waals surface area (Å²) in [5, 5.41) is 7.91. The Morgan fingerprint density at radius 2 is 1.81 bits per heavy atom. The molecule has 0 spiro atoms. The lowest BCUT2D eigenvalue weighted by Crippen LogP contribution is -2.54. The predicted octanol–water partition coefficient (Wildman–Crippen LogP) is -0.0143. The van der Waals surface area contributed by atoms with Crippen LogP contribution in [0.15, 0.2) is 24.3 Å². The third kappa shape index (κ3) is 6.94. The zero-order chi connectivity index (χ0) is 22.4. The molecule has 5 N–H and O–H groups in total. The summed E-state index contributed by atoms with van der Waals surface area (Å²) in [5.74, 6) is -2.11. The van der Waals surface area contributed by atoms with Gasteiger partial charge in [-0.2, -0.15) is 0 Å². The Bertz CT molecular complexity index is 828. The fourth-order valence-electron chi connectivity index (χ4n) is 3.51. The second-order valence-corrected chi connectivity index (χ2v) is 8.02. The van der Waals surface area contributed by atoms with Crippen molar-refractivity contribution >= 4 is 23.6 Å². The molecule has 10 heteroatoms. The van der Waals surface area contributed by atoms with Crippen molar-refractivity contribution in [2.75, 3.05) is 13.2 Å². The van der Waals surface area contributed by atoms with Gasteiger partial charge in [0.05, 0.1) is 0 Å². The normalized spacial score (nSPS) is 19.8. The van der Waals surface area contributed by atoms with E-state index in [1.54, 1.807) is 0 Å². The second-order valence-electron chi connectivity index (χ2n) is 8.02. The van der Waals surface area contributed by atoms with Gasteiger partial charge < -0.3 is 26.4 Å². The van der Waals surface area contributed by atoms with Gasteiger partial charge in [-0.3, -0.25) is 19.2 Å². The van der Waals surface area contributed by atoms with E-state index in [1.165, 1.54) is 24.3 Å². The molecule has 1 saturated carbocycles. The zero-order valence-electron chi connectivity index (χ0n) is 17.1. The largest absolute Gasteiger partial charge is 0.484 e. The van der Waals surface area contributed by atoms with Crippen LogP contribution in [-0.2, 0) is 19.2 Å². The number of nitrogens with one attached hydrogen (secondary N) is 3. The van der Waals surface area contributed by atoms with Crippen molar-refractivity contribution in [2.24, 2.45) is 17.6 Å². The number of hydrogen-bond donors (Lipinski definition) is 4. The number of benzene rings is 1. The minimum absolute atomic E-state index is 0.116. The Kier molecular flexibility index (Phi) is 7.43. The first-order valence-electron chi connectivity index (χ1n) is 10.4. The summed E-state index contributed by atoms with van der Waals surface area (Å²) in [6, 6.07) is 3.36. The van der Waals surface area contributed by atoms with Gasteiger partial charge in [-0.25, -0.2) is 4.39 Å². The van der Waals surface area contributed by atoms with E-state index in [9.17, 15) is 23.6 Å². The number of rotatable bonds is 11. The average molecular weight is 434 g/mol. The van der Waals surface area contributed by atoms with Crippen LogP contribution in [0, 0.1) is 17.7 Å². The van der Waals surface area contributed by atoms with Crippen LogP contribution in [0.1, 0.15) is 32.1 Å². The minimum atomic E-state index is -1.00. The Labute approximate surface area is 179 Å². The molecule has 3 atom stereocenters. The van der Waals surface area contributed by atoms with E-state index in [2.05, 4.69) is 16.0 Å². The van der Waals surface area contributed by atoms with Crippen molar-refractivity contribution < 1.29 is 28.3 Å². The maximum absolute atomic E-state index is 12.9. The highest BCUT2D eigenvalue weighted by Gasteiger charge is 2.34. The third-order valence-electron chi connectivity index (χ3n) is 5.44. The topological polar surface area (TPSA) is 140 Å². The summed E-state index contributed by atoms with van der Waals surface area (Å²) >= 11 is 0. The zero-order valence-corrected chi connectivity index (χ0v) is 17.1. The third-order valence-corrected chi connectivity index (χ3v) is 5.44. The van der Waals surface area contributed by atoms with Gasteiger partial charge in [0.15, 0.2) is 6.61 Å². The van der Waals surface area contributed by atoms with Gasteiger partial charge in [0.1, 0.15) is 23.7 Å². The summed E-state index contributed by atoms with van der Waals surface area (Å²) in [6.45, 7) is 0.179. The highest BCUT2D eigenvalue weighted by molar-refractivity contribution is 5.92. The summed E-state index contributed by atoms with van der Waals surface area (Å²) in [7, 11) is 0. The van der Waals surface area contributed by atoms with Gasteiger partial charge in [0, 0.05) is 12.5 Å². The molecule has 168 valence electrons. The molecule has 1 saturated heterocycles. The summed E-state index contributed by atoms with van der Waals surface area (Å²) < 4.78 is 18.3. The summed E-state index contributed by atoms with van der Waals surface area (Å²) in [4.78, 5) is 48.7. The number of amides is 4. The van der Waals surface area contributed by atoms with Crippen molar-refractivity contribution in [1.82, 2.24) is 16.0 Å². The average Bonchev–Trinajstić information content (AvgIpc) is 3.46. The summed E-state index contributed by atoms with van der Waals surface area (Å²) in [6.07, 6.45) is 3.05. The smallest absolute Gasteiger partial charge is 0.258 e. The standard InChI is InChI=1S/C21H27FN4O5/c22-14-3-5-15(6-4-14)31-11-18(27)25-17(9-12-1-2-12)21(30)26-16(19(23)28)10-13-7-8-24-20(13)29/h3-6,12-13,16-17H,1-2,7-11H2,(H2,23,28)(H,24,29)(H,25,27)(H,26,30)/t13-,16-,17-/m0/s1. The molecule has 2 aliphatic rings. The number of hydrogen-bond acceptors (Lipinski definition) is 5. The lowest BCUT2D eigenvalue weighted by atomic mass is 9.97. The van der Waals surface area contributed by atoms with Crippen molar-refractivity contribution in [3.8, 4) is 5.75 Å². The van der Waals surface area contributed by atoms with Crippen LogP contribution in [0.2, 0.25) is 0 Å². The van der Waals surface area contributed by atoms with Crippen molar-refractivity contribution in [3.63, 3.8) is 0 Å². The van der Waals surface area contributed by atoms with Crippen LogP contribution >= 0.6 is 0 Å². The molecule has 1 aliphatic heterocycles. The molecular formula is C21H27FN4O5. The number of primary amides is 1. The SMILES string of the molecule is NC(=O)[C@H](C[C@@H]1CCNC1=O)NC(=O)[C@H](CC1CC1)NC(=O)COc1ccc(F)cc1. The summed E-state index contributed by atoms with van der Waals surface area (Å²) in [5.41, 5.74) is 5.43. The number of carbonyl (C=O) groups is 4. The molecule has 4 amide bonds. The Morgan fingerprint density at radius 1 is 1.10 bits per heavy atom.